The van der Waals surface area contributed by atoms with Crippen LogP contribution in [0.1, 0.15) is 214 Å². The van der Waals surface area contributed by atoms with Crippen molar-refractivity contribution in [3.05, 3.63) is 0 Å². The lowest BCUT2D eigenvalue weighted by molar-refractivity contribution is -0.142. The van der Waals surface area contributed by atoms with Gasteiger partial charge in [0.2, 0.25) is 0 Å². The Kier molecular flexibility index (Phi) is 32.2. The lowest BCUT2D eigenvalue weighted by Gasteiger charge is -2.29. The fourth-order valence-electron chi connectivity index (χ4n) is 6.94. The Balaban J connectivity index is 4.49. The summed E-state index contributed by atoms with van der Waals surface area (Å²) in [4.78, 5) is 12.2. The molecule has 42 heavy (non-hydrogen) atoms. The normalized spacial score (nSPS) is 12.7. The molecule has 0 aromatic carbocycles. The van der Waals surface area contributed by atoms with E-state index in [1.54, 1.807) is 0 Å². The van der Waals surface area contributed by atoms with Gasteiger partial charge in [0.15, 0.2) is 0 Å². The van der Waals surface area contributed by atoms with E-state index in [4.69, 9.17) is 0 Å². The maximum Gasteiger partial charge on any atom is 0.306 e. The second kappa shape index (κ2) is 32.3. The minimum atomic E-state index is -0.958. The third kappa shape index (κ3) is 26.3. The first-order chi connectivity index (χ1) is 20.5. The monoisotopic (exact) mass is 612 g/mol. The fourth-order valence-corrected chi connectivity index (χ4v) is 11.8. The number of carbonyl (C=O) groups is 1. The van der Waals surface area contributed by atoms with Crippen molar-refractivity contribution in [1.29, 1.82) is 0 Å². The van der Waals surface area contributed by atoms with Crippen molar-refractivity contribution in [3.8, 4) is 0 Å². The summed E-state index contributed by atoms with van der Waals surface area (Å²) in [5.41, 5.74) is 0. The van der Waals surface area contributed by atoms with E-state index in [1.165, 1.54) is 192 Å². The van der Waals surface area contributed by atoms with E-state index < -0.39 is 13.2 Å². The lowest BCUT2D eigenvalue weighted by Crippen LogP contribution is -2.17. The smallest absolute Gasteiger partial charge is 0.306 e. The summed E-state index contributed by atoms with van der Waals surface area (Å²) < 4.78 is 0. The second-order valence-corrected chi connectivity index (χ2v) is 18.5. The van der Waals surface area contributed by atoms with Crippen LogP contribution in [0.2, 0.25) is 0 Å². The summed E-state index contributed by atoms with van der Waals surface area (Å²) in [6.45, 7) is 9.25. The number of carboxylic acids is 1. The van der Waals surface area contributed by atoms with E-state index in [-0.39, 0.29) is 5.92 Å². The SMILES string of the molecule is CCCCCCCCCCCCCCCCC(CCC[P+](CCCCCC)(CCCCCC)CCCCCC)C(=O)O. The van der Waals surface area contributed by atoms with E-state index in [0.717, 1.165) is 19.3 Å². The molecule has 0 fully saturated rings. The van der Waals surface area contributed by atoms with E-state index >= 15 is 0 Å². The highest BCUT2D eigenvalue weighted by molar-refractivity contribution is 7.75. The van der Waals surface area contributed by atoms with Gasteiger partial charge in [0.25, 0.3) is 0 Å². The molecule has 0 rings (SSSR count). The van der Waals surface area contributed by atoms with Crippen LogP contribution >= 0.6 is 7.26 Å². The molecule has 2 nitrogen and oxygen atoms in total. The van der Waals surface area contributed by atoms with Gasteiger partial charge in [-0.25, -0.2) is 0 Å². The minimum Gasteiger partial charge on any atom is -0.481 e. The van der Waals surface area contributed by atoms with E-state index in [9.17, 15) is 9.90 Å². The van der Waals surface area contributed by atoms with Crippen LogP contribution in [0.4, 0.5) is 0 Å². The van der Waals surface area contributed by atoms with E-state index in [2.05, 4.69) is 27.7 Å². The molecule has 0 spiro atoms. The van der Waals surface area contributed by atoms with Gasteiger partial charge in [-0.2, -0.15) is 0 Å². The van der Waals surface area contributed by atoms with Crippen molar-refractivity contribution in [2.75, 3.05) is 24.6 Å². The van der Waals surface area contributed by atoms with Crippen LogP contribution in [0.5, 0.6) is 0 Å². The number of rotatable bonds is 35. The highest BCUT2D eigenvalue weighted by atomic mass is 31.2. The summed E-state index contributed by atoms with van der Waals surface area (Å²) in [5, 5.41) is 10.0. The summed E-state index contributed by atoms with van der Waals surface area (Å²) >= 11 is 0. The third-order valence-electron chi connectivity index (χ3n) is 9.90. The van der Waals surface area contributed by atoms with Gasteiger partial charge in [0.1, 0.15) is 0 Å². The van der Waals surface area contributed by atoms with Crippen molar-refractivity contribution in [2.45, 2.75) is 214 Å². The quantitative estimate of drug-likeness (QED) is 0.0572. The molecule has 0 aliphatic heterocycles. The van der Waals surface area contributed by atoms with Gasteiger partial charge in [-0.1, -0.05) is 156 Å². The Morgan fingerprint density at radius 3 is 1.00 bits per heavy atom. The standard InChI is InChI=1S/C39H79O2P/c1-5-9-13-17-18-19-20-21-22-23-24-25-26-27-32-38(39(40)41)33-31-37-42(34-28-14-10-6-2,35-29-15-11-7-3)36-30-16-12-8-4/h38H,5-37H2,1-4H3/p+1. The zero-order valence-corrected chi connectivity index (χ0v) is 30.6. The predicted octanol–water partition coefficient (Wildman–Crippen LogP) is 14.1. The van der Waals surface area contributed by atoms with Crippen LogP contribution in [-0.2, 0) is 4.79 Å². The summed E-state index contributed by atoms with van der Waals surface area (Å²) in [5.74, 6) is -0.632. The molecule has 0 aromatic rings. The molecule has 1 unspecified atom stereocenters. The van der Waals surface area contributed by atoms with E-state index in [1.807, 2.05) is 0 Å². The summed E-state index contributed by atoms with van der Waals surface area (Å²) in [7, 11) is -0.958. The Labute approximate surface area is 267 Å². The Morgan fingerprint density at radius 1 is 0.405 bits per heavy atom. The van der Waals surface area contributed by atoms with Crippen molar-refractivity contribution in [2.24, 2.45) is 5.92 Å². The number of hydrogen-bond donors (Lipinski definition) is 1. The van der Waals surface area contributed by atoms with Gasteiger partial charge < -0.3 is 5.11 Å². The number of carboxylic acid groups (broad SMARTS) is 1. The molecule has 0 saturated heterocycles. The number of hydrogen-bond acceptors (Lipinski definition) is 1. The van der Waals surface area contributed by atoms with Crippen LogP contribution < -0.4 is 0 Å². The molecule has 0 heterocycles. The molecule has 0 aliphatic carbocycles. The summed E-state index contributed by atoms with van der Waals surface area (Å²) in [6, 6.07) is 0. The average molecular weight is 612 g/mol. The second-order valence-electron chi connectivity index (χ2n) is 14.0. The third-order valence-corrected chi connectivity index (χ3v) is 15.0. The maximum atomic E-state index is 12.2. The molecule has 1 N–H and O–H groups in total. The largest absolute Gasteiger partial charge is 0.481 e. The fraction of sp³-hybridized carbons (Fsp3) is 0.974. The molecule has 1 atom stereocenters. The average Bonchev–Trinajstić information content (AvgIpc) is 2.98. The van der Waals surface area contributed by atoms with Crippen LogP contribution in [-0.4, -0.2) is 35.7 Å². The van der Waals surface area contributed by atoms with E-state index in [0.29, 0.717) is 0 Å². The number of aliphatic carboxylic acids is 1. The Hall–Kier alpha value is -0.100. The molecule has 0 bridgehead atoms. The topological polar surface area (TPSA) is 37.3 Å². The maximum absolute atomic E-state index is 12.2. The Bertz CT molecular complexity index is 517. The molecule has 0 radical (unpaired) electrons. The highest BCUT2D eigenvalue weighted by Crippen LogP contribution is 2.61. The molecule has 0 aromatic heterocycles. The van der Waals surface area contributed by atoms with Crippen LogP contribution in [0.3, 0.4) is 0 Å². The molecule has 3 heteroatoms. The van der Waals surface area contributed by atoms with Gasteiger partial charge in [-0.3, -0.25) is 4.79 Å². The Morgan fingerprint density at radius 2 is 0.667 bits per heavy atom. The van der Waals surface area contributed by atoms with Gasteiger partial charge in [-0.15, -0.1) is 0 Å². The molecular formula is C39H80O2P+. The van der Waals surface area contributed by atoms with Gasteiger partial charge in [-0.05, 0) is 57.8 Å². The van der Waals surface area contributed by atoms with Crippen LogP contribution in [0.15, 0.2) is 0 Å². The molecule has 0 aliphatic rings. The van der Waals surface area contributed by atoms with Crippen LogP contribution in [0, 0.1) is 5.92 Å². The molecule has 252 valence electrons. The van der Waals surface area contributed by atoms with Crippen molar-refractivity contribution in [3.63, 3.8) is 0 Å². The summed E-state index contributed by atoms with van der Waals surface area (Å²) in [6.07, 6.45) is 44.5. The first-order valence-corrected chi connectivity index (χ1v) is 22.2. The highest BCUT2D eigenvalue weighted by Gasteiger charge is 2.35. The van der Waals surface area contributed by atoms with Crippen molar-refractivity contribution >= 4 is 13.2 Å². The van der Waals surface area contributed by atoms with Crippen molar-refractivity contribution in [1.82, 2.24) is 0 Å². The predicted molar refractivity (Wildman–Crippen MR) is 194 cm³/mol. The molecule has 0 saturated carbocycles. The van der Waals surface area contributed by atoms with Crippen molar-refractivity contribution < 1.29 is 9.90 Å². The minimum absolute atomic E-state index is 0.107. The van der Waals surface area contributed by atoms with Gasteiger partial charge in [0, 0.05) is 7.26 Å². The van der Waals surface area contributed by atoms with Crippen LogP contribution in [0.25, 0.3) is 0 Å². The zero-order valence-electron chi connectivity index (χ0n) is 29.7. The first kappa shape index (κ1) is 41.9. The molecule has 0 amide bonds. The zero-order chi connectivity index (χ0) is 31.0. The lowest BCUT2D eigenvalue weighted by atomic mass is 9.96. The van der Waals surface area contributed by atoms with Gasteiger partial charge >= 0.3 is 5.97 Å². The number of unbranched alkanes of at least 4 members (excludes halogenated alkanes) is 22. The van der Waals surface area contributed by atoms with Gasteiger partial charge in [0.05, 0.1) is 30.6 Å². The first-order valence-electron chi connectivity index (χ1n) is 19.6. The molecular weight excluding hydrogens is 531 g/mol.